The molecule has 0 saturated carbocycles. The first kappa shape index (κ1) is 8.89. The van der Waals surface area contributed by atoms with Gasteiger partial charge in [0.05, 0.1) is 0 Å². The lowest BCUT2D eigenvalue weighted by Crippen LogP contribution is -2.13. The van der Waals surface area contributed by atoms with Crippen molar-refractivity contribution in [2.75, 3.05) is 7.05 Å². The van der Waals surface area contributed by atoms with Crippen LogP contribution in [0.2, 0.25) is 0 Å². The lowest BCUT2D eigenvalue weighted by Gasteiger charge is -2.04. The Morgan fingerprint density at radius 1 is 1.67 bits per heavy atom. The number of aryl methyl sites for hydroxylation is 1. The number of nitrogens with one attached hydrogen (secondary N) is 1. The number of furan rings is 1. The molecule has 12 heavy (non-hydrogen) atoms. The third-order valence-corrected chi connectivity index (χ3v) is 1.77. The molecule has 1 atom stereocenters. The van der Waals surface area contributed by atoms with Crippen LogP contribution in [0.15, 0.2) is 16.5 Å². The Labute approximate surface area is 73.0 Å². The molecule has 0 radical (unpaired) electrons. The highest BCUT2D eigenvalue weighted by atomic mass is 16.3. The van der Waals surface area contributed by atoms with Gasteiger partial charge in [-0.2, -0.15) is 0 Å². The summed E-state index contributed by atoms with van der Waals surface area (Å²) < 4.78 is 5.47. The minimum Gasteiger partial charge on any atom is -0.463 e. The van der Waals surface area contributed by atoms with E-state index in [1.54, 1.807) is 0 Å². The molecule has 0 spiro atoms. The normalized spacial score (nSPS) is 12.4. The standard InChI is InChI=1S/C10H13NO/c1-4-8-6-7-10(12-8)9(5-2)11-3/h2,6-7,9,11H,4H2,1,3H3. The van der Waals surface area contributed by atoms with Crippen LogP contribution in [-0.4, -0.2) is 7.05 Å². The van der Waals surface area contributed by atoms with Crippen molar-refractivity contribution in [2.45, 2.75) is 19.4 Å². The van der Waals surface area contributed by atoms with E-state index in [4.69, 9.17) is 10.8 Å². The lowest BCUT2D eigenvalue weighted by atomic mass is 10.2. The van der Waals surface area contributed by atoms with E-state index in [9.17, 15) is 0 Å². The van der Waals surface area contributed by atoms with Gasteiger partial charge in [0.1, 0.15) is 17.6 Å². The Kier molecular flexibility index (Phi) is 2.95. The van der Waals surface area contributed by atoms with Crippen molar-refractivity contribution in [1.82, 2.24) is 5.32 Å². The first-order valence-corrected chi connectivity index (χ1v) is 4.03. The largest absolute Gasteiger partial charge is 0.463 e. The number of rotatable bonds is 3. The summed E-state index contributed by atoms with van der Waals surface area (Å²) in [6.45, 7) is 2.05. The predicted molar refractivity (Wildman–Crippen MR) is 48.7 cm³/mol. The minimum atomic E-state index is -0.106. The minimum absolute atomic E-state index is 0.106. The summed E-state index contributed by atoms with van der Waals surface area (Å²) >= 11 is 0. The summed E-state index contributed by atoms with van der Waals surface area (Å²) in [5.41, 5.74) is 0. The van der Waals surface area contributed by atoms with Crippen LogP contribution in [-0.2, 0) is 6.42 Å². The topological polar surface area (TPSA) is 25.2 Å². The van der Waals surface area contributed by atoms with Crippen molar-refractivity contribution in [2.24, 2.45) is 0 Å². The van der Waals surface area contributed by atoms with Gasteiger partial charge in [-0.25, -0.2) is 0 Å². The first-order chi connectivity index (χ1) is 5.81. The van der Waals surface area contributed by atoms with Gasteiger partial charge >= 0.3 is 0 Å². The van der Waals surface area contributed by atoms with E-state index < -0.39 is 0 Å². The Morgan fingerprint density at radius 2 is 2.42 bits per heavy atom. The van der Waals surface area contributed by atoms with Gasteiger partial charge in [-0.1, -0.05) is 12.8 Å². The highest BCUT2D eigenvalue weighted by Crippen LogP contribution is 2.15. The molecule has 0 saturated heterocycles. The van der Waals surface area contributed by atoms with Gasteiger partial charge in [-0.15, -0.1) is 6.42 Å². The molecule has 2 heteroatoms. The van der Waals surface area contributed by atoms with E-state index in [0.717, 1.165) is 17.9 Å². The summed E-state index contributed by atoms with van der Waals surface area (Å²) in [4.78, 5) is 0. The Morgan fingerprint density at radius 3 is 2.83 bits per heavy atom. The third-order valence-electron chi connectivity index (χ3n) is 1.77. The van der Waals surface area contributed by atoms with Crippen LogP contribution in [0.5, 0.6) is 0 Å². The van der Waals surface area contributed by atoms with Gasteiger partial charge in [0, 0.05) is 6.42 Å². The Bertz CT molecular complexity index is 282. The van der Waals surface area contributed by atoms with E-state index in [0.29, 0.717) is 0 Å². The zero-order valence-corrected chi connectivity index (χ0v) is 7.42. The molecular formula is C10H13NO. The van der Waals surface area contributed by atoms with Crippen LogP contribution >= 0.6 is 0 Å². The van der Waals surface area contributed by atoms with E-state index in [-0.39, 0.29) is 6.04 Å². The maximum atomic E-state index is 5.47. The lowest BCUT2D eigenvalue weighted by molar-refractivity contribution is 0.443. The van der Waals surface area contributed by atoms with Crippen molar-refractivity contribution in [3.8, 4) is 12.3 Å². The molecule has 0 fully saturated rings. The van der Waals surface area contributed by atoms with Gasteiger partial charge in [0.25, 0.3) is 0 Å². The molecule has 1 unspecified atom stereocenters. The van der Waals surface area contributed by atoms with Crippen LogP contribution in [0.3, 0.4) is 0 Å². The Balaban J connectivity index is 2.81. The first-order valence-electron chi connectivity index (χ1n) is 4.03. The van der Waals surface area contributed by atoms with Crippen LogP contribution in [0, 0.1) is 12.3 Å². The second-order valence-corrected chi connectivity index (χ2v) is 2.55. The van der Waals surface area contributed by atoms with Gasteiger partial charge in [-0.05, 0) is 19.2 Å². The van der Waals surface area contributed by atoms with Crippen molar-refractivity contribution in [3.63, 3.8) is 0 Å². The summed E-state index contributed by atoms with van der Waals surface area (Å²) in [5, 5.41) is 2.98. The van der Waals surface area contributed by atoms with Crippen molar-refractivity contribution < 1.29 is 4.42 Å². The third kappa shape index (κ3) is 1.69. The molecule has 1 heterocycles. The fraction of sp³-hybridized carbons (Fsp3) is 0.400. The molecule has 1 N–H and O–H groups in total. The average molecular weight is 163 g/mol. The number of hydrogen-bond donors (Lipinski definition) is 1. The second kappa shape index (κ2) is 3.99. The molecule has 0 aliphatic rings. The fourth-order valence-electron chi connectivity index (χ4n) is 1.05. The van der Waals surface area contributed by atoms with Crippen LogP contribution in [0.25, 0.3) is 0 Å². The van der Waals surface area contributed by atoms with E-state index >= 15 is 0 Å². The smallest absolute Gasteiger partial charge is 0.133 e. The Hall–Kier alpha value is -1.20. The van der Waals surface area contributed by atoms with Crippen LogP contribution in [0.1, 0.15) is 24.5 Å². The maximum absolute atomic E-state index is 5.47. The number of terminal acetylenes is 1. The van der Waals surface area contributed by atoms with Crippen LogP contribution < -0.4 is 5.32 Å². The SMILES string of the molecule is C#CC(NC)c1ccc(CC)o1. The summed E-state index contributed by atoms with van der Waals surface area (Å²) in [6.07, 6.45) is 6.20. The molecule has 0 aliphatic heterocycles. The molecule has 64 valence electrons. The summed E-state index contributed by atoms with van der Waals surface area (Å²) in [5.74, 6) is 4.39. The molecule has 1 aromatic heterocycles. The van der Waals surface area contributed by atoms with E-state index in [1.165, 1.54) is 0 Å². The van der Waals surface area contributed by atoms with Gasteiger partial charge in [0.2, 0.25) is 0 Å². The van der Waals surface area contributed by atoms with Gasteiger partial charge < -0.3 is 9.73 Å². The van der Waals surface area contributed by atoms with Crippen molar-refractivity contribution in [1.29, 1.82) is 0 Å². The van der Waals surface area contributed by atoms with Crippen LogP contribution in [0.4, 0.5) is 0 Å². The zero-order valence-electron chi connectivity index (χ0n) is 7.42. The average Bonchev–Trinajstić information content (AvgIpc) is 2.55. The number of hydrogen-bond acceptors (Lipinski definition) is 2. The monoisotopic (exact) mass is 163 g/mol. The molecule has 1 aromatic rings. The van der Waals surface area contributed by atoms with E-state index in [1.807, 2.05) is 26.1 Å². The zero-order chi connectivity index (χ0) is 8.97. The molecular weight excluding hydrogens is 150 g/mol. The highest BCUT2D eigenvalue weighted by Gasteiger charge is 2.09. The second-order valence-electron chi connectivity index (χ2n) is 2.55. The molecule has 0 aromatic carbocycles. The molecule has 0 aliphatic carbocycles. The molecule has 1 rings (SSSR count). The predicted octanol–water partition coefficient (Wildman–Crippen LogP) is 1.74. The highest BCUT2D eigenvalue weighted by molar-refractivity contribution is 5.18. The summed E-state index contributed by atoms with van der Waals surface area (Å²) in [7, 11) is 1.82. The quantitative estimate of drug-likeness (QED) is 0.686. The molecule has 2 nitrogen and oxygen atoms in total. The van der Waals surface area contributed by atoms with E-state index in [2.05, 4.69) is 11.2 Å². The maximum Gasteiger partial charge on any atom is 0.133 e. The molecule has 0 amide bonds. The molecule has 0 bridgehead atoms. The van der Waals surface area contributed by atoms with Gasteiger partial charge in [-0.3, -0.25) is 0 Å². The van der Waals surface area contributed by atoms with Gasteiger partial charge in [0.15, 0.2) is 0 Å². The summed E-state index contributed by atoms with van der Waals surface area (Å²) in [6, 6.07) is 3.77. The van der Waals surface area contributed by atoms with Crippen molar-refractivity contribution >= 4 is 0 Å². The van der Waals surface area contributed by atoms with Crippen molar-refractivity contribution in [3.05, 3.63) is 23.7 Å². The fourth-order valence-corrected chi connectivity index (χ4v) is 1.05.